The summed E-state index contributed by atoms with van der Waals surface area (Å²) in [6.45, 7) is 7.00. The van der Waals surface area contributed by atoms with Gasteiger partial charge < -0.3 is 0 Å². The summed E-state index contributed by atoms with van der Waals surface area (Å²) in [4.78, 5) is 0. The quantitative estimate of drug-likeness (QED) is 0.393. The van der Waals surface area contributed by atoms with Gasteiger partial charge in [0.25, 0.3) is 0 Å². The van der Waals surface area contributed by atoms with Gasteiger partial charge in [0.05, 0.1) is 8.07 Å². The molecule has 0 amide bonds. The van der Waals surface area contributed by atoms with E-state index in [2.05, 4.69) is 69.3 Å². The molecule has 0 saturated heterocycles. The van der Waals surface area contributed by atoms with Crippen LogP contribution in [0.4, 0.5) is 0 Å². The average Bonchev–Trinajstić information content (AvgIpc) is 2.99. The summed E-state index contributed by atoms with van der Waals surface area (Å²) in [7, 11) is 13.4. The second kappa shape index (κ2) is 11.1. The zero-order valence-electron chi connectivity index (χ0n) is 14.1. The molecule has 2 rings (SSSR count). The van der Waals surface area contributed by atoms with Crippen molar-refractivity contribution in [1.29, 1.82) is 0 Å². The van der Waals surface area contributed by atoms with E-state index in [-0.39, 0.29) is 0 Å². The van der Waals surface area contributed by atoms with Crippen LogP contribution in [0.25, 0.3) is 0 Å². The molecule has 0 fully saturated rings. The van der Waals surface area contributed by atoms with Crippen LogP contribution in [0.2, 0.25) is 12.1 Å². The molecule has 0 aliphatic rings. The minimum absolute atomic E-state index is 1.21. The first kappa shape index (κ1) is 21.4. The van der Waals surface area contributed by atoms with Gasteiger partial charge in [-0.15, -0.1) is 0 Å². The minimum atomic E-state index is -1.92. The van der Waals surface area contributed by atoms with Crippen LogP contribution >= 0.6 is 27.9 Å². The van der Waals surface area contributed by atoms with Crippen molar-refractivity contribution in [2.24, 2.45) is 0 Å². The summed E-state index contributed by atoms with van der Waals surface area (Å²) in [5, 5.41) is 3.22. The van der Waals surface area contributed by atoms with E-state index in [1.54, 1.807) is 10.4 Å². The van der Waals surface area contributed by atoms with Crippen molar-refractivity contribution in [2.45, 2.75) is 45.7 Å². The number of aryl methyl sites for hydroxylation is 1. The van der Waals surface area contributed by atoms with Crippen molar-refractivity contribution in [3.05, 3.63) is 54.1 Å². The molecular weight excluding hydrogens is 399 g/mol. The first-order valence-electron chi connectivity index (χ1n) is 8.15. The van der Waals surface area contributed by atoms with E-state index in [1.165, 1.54) is 30.5 Å². The maximum atomic E-state index is 4.97. The van der Waals surface area contributed by atoms with Crippen LogP contribution in [0.15, 0.2) is 48.5 Å². The summed E-state index contributed by atoms with van der Waals surface area (Å²) >= 11 is -1.92. The van der Waals surface area contributed by atoms with Crippen LogP contribution in [0.3, 0.4) is 0 Å². The molecule has 0 spiro atoms. The fourth-order valence-electron chi connectivity index (χ4n) is 3.22. The van der Waals surface area contributed by atoms with Gasteiger partial charge in [-0.1, -0.05) is 81.2 Å². The van der Waals surface area contributed by atoms with Crippen molar-refractivity contribution >= 4 is 46.4 Å². The van der Waals surface area contributed by atoms with Gasteiger partial charge in [0.15, 0.2) is 0 Å². The zero-order valence-corrected chi connectivity index (χ0v) is 18.9. The Balaban J connectivity index is 0.000000593. The third-order valence-electron chi connectivity index (χ3n) is 4.44. The molecule has 2 aromatic carbocycles. The number of rotatable bonds is 6. The van der Waals surface area contributed by atoms with Crippen molar-refractivity contribution in [1.82, 2.24) is 0 Å². The summed E-state index contributed by atoms with van der Waals surface area (Å²) in [6.07, 6.45) is 2.45. The van der Waals surface area contributed by atoms with Gasteiger partial charge in [-0.2, -0.15) is 22.9 Å². The first-order chi connectivity index (χ1) is 11.0. The van der Waals surface area contributed by atoms with E-state index in [0.29, 0.717) is 0 Å². The van der Waals surface area contributed by atoms with Gasteiger partial charge in [-0.05, 0) is 0 Å². The molecule has 126 valence electrons. The average molecular weight is 424 g/mol. The second-order valence-corrected chi connectivity index (χ2v) is 18.1. The molecule has 0 heterocycles. The summed E-state index contributed by atoms with van der Waals surface area (Å²) in [5.41, 5.74) is 1.52. The number of hydrogen-bond acceptors (Lipinski definition) is 0. The molecule has 0 aliphatic carbocycles. The molecule has 0 saturated carbocycles. The van der Waals surface area contributed by atoms with Gasteiger partial charge in [-0.3, -0.25) is 0 Å². The van der Waals surface area contributed by atoms with Gasteiger partial charge in [0.2, 0.25) is 0 Å². The molecule has 5 heteroatoms. The van der Waals surface area contributed by atoms with E-state index in [4.69, 9.17) is 27.9 Å². The van der Waals surface area contributed by atoms with Crippen molar-refractivity contribution in [2.75, 3.05) is 0 Å². The fourth-order valence-corrected chi connectivity index (χ4v) is 7.39. The third kappa shape index (κ3) is 6.31. The summed E-state index contributed by atoms with van der Waals surface area (Å²) in [5.74, 6) is 0. The Hall–Kier alpha value is 0.371. The standard InChI is InChI=1S/C18H25Si.3ClH.Ti/c1-4-10-16-13-14-18(15-16)19(5-2,6-3)17-11-8-7-9-12-17;;;;/h7-9,11-15H,4-6,10H2,1-3H3;3*1H;/q-1;;;;+4/p-3. The number of hydrogen-bond donors (Lipinski definition) is 0. The Kier molecular flexibility index (Phi) is 10.3. The fraction of sp³-hybridized carbons (Fsp3) is 0.389. The predicted molar refractivity (Wildman–Crippen MR) is 106 cm³/mol. The second-order valence-electron chi connectivity index (χ2n) is 5.63. The number of halogens is 3. The molecule has 0 unspecified atom stereocenters. The summed E-state index contributed by atoms with van der Waals surface area (Å²) in [6, 6.07) is 21.0. The van der Waals surface area contributed by atoms with E-state index >= 15 is 0 Å². The molecule has 2 aromatic rings. The van der Waals surface area contributed by atoms with Crippen LogP contribution in [0.1, 0.15) is 32.8 Å². The Morgan fingerprint density at radius 2 is 1.52 bits per heavy atom. The number of benzene rings is 1. The normalized spacial score (nSPS) is 10.9. The zero-order chi connectivity index (χ0) is 17.3. The van der Waals surface area contributed by atoms with Crippen LogP contribution < -0.4 is 10.4 Å². The molecule has 23 heavy (non-hydrogen) atoms. The van der Waals surface area contributed by atoms with Crippen LogP contribution in [0, 0.1) is 0 Å². The molecule has 0 atom stereocenters. The molecule has 0 radical (unpaired) electrons. The van der Waals surface area contributed by atoms with Crippen LogP contribution in [-0.2, 0) is 21.1 Å². The topological polar surface area (TPSA) is 0 Å². The van der Waals surface area contributed by atoms with Gasteiger partial charge in [0.1, 0.15) is 0 Å². The predicted octanol–water partition coefficient (Wildman–Crippen LogP) is 6.03. The Bertz CT molecular complexity index is 548. The molecular formula is C18H25Cl3SiTi. The van der Waals surface area contributed by atoms with Crippen molar-refractivity contribution in [3.8, 4) is 0 Å². The van der Waals surface area contributed by atoms with Crippen LogP contribution in [-0.4, -0.2) is 8.07 Å². The van der Waals surface area contributed by atoms with Crippen molar-refractivity contribution < 1.29 is 14.7 Å². The Morgan fingerprint density at radius 3 is 2.00 bits per heavy atom. The molecule has 0 N–H and O–H groups in total. The Labute approximate surface area is 160 Å². The van der Waals surface area contributed by atoms with E-state index in [9.17, 15) is 0 Å². The van der Waals surface area contributed by atoms with E-state index < -0.39 is 22.8 Å². The van der Waals surface area contributed by atoms with E-state index in [1.807, 2.05) is 0 Å². The monoisotopic (exact) mass is 422 g/mol. The van der Waals surface area contributed by atoms with Gasteiger partial charge in [-0.25, -0.2) is 6.07 Å². The molecule has 0 aromatic heterocycles. The third-order valence-corrected chi connectivity index (χ3v) is 9.71. The first-order valence-corrected chi connectivity index (χ1v) is 17.0. The maximum absolute atomic E-state index is 4.97. The molecule has 0 aliphatic heterocycles. The Morgan fingerprint density at radius 1 is 0.957 bits per heavy atom. The van der Waals surface area contributed by atoms with E-state index in [0.717, 1.165) is 0 Å². The van der Waals surface area contributed by atoms with Crippen LogP contribution in [0.5, 0.6) is 0 Å². The SMILES string of the molecule is CCCc1cc[c-]([Si](CC)(CC)c2ccccc2)c1.[Cl][Ti+]([Cl])[Cl]. The van der Waals surface area contributed by atoms with Gasteiger partial charge in [0, 0.05) is 0 Å². The molecule has 0 nitrogen and oxygen atoms in total. The summed E-state index contributed by atoms with van der Waals surface area (Å²) < 4.78 is 0. The van der Waals surface area contributed by atoms with Crippen molar-refractivity contribution in [3.63, 3.8) is 0 Å². The molecule has 0 bridgehead atoms. The van der Waals surface area contributed by atoms with Gasteiger partial charge >= 0.3 is 42.6 Å².